The molecule has 1 heterocycles. The van der Waals surface area contributed by atoms with Crippen molar-refractivity contribution in [1.82, 2.24) is 15.1 Å². The van der Waals surface area contributed by atoms with Crippen LogP contribution in [0.25, 0.3) is 0 Å². The van der Waals surface area contributed by atoms with E-state index in [-0.39, 0.29) is 0 Å². The molecular formula is C16H23N3. The molecule has 19 heavy (non-hydrogen) atoms. The molecular weight excluding hydrogens is 234 g/mol. The fourth-order valence-electron chi connectivity index (χ4n) is 2.22. The van der Waals surface area contributed by atoms with Crippen molar-refractivity contribution in [3.63, 3.8) is 0 Å². The number of aromatic nitrogens is 2. The van der Waals surface area contributed by atoms with Gasteiger partial charge in [0, 0.05) is 37.9 Å². The Morgan fingerprint density at radius 2 is 1.95 bits per heavy atom. The second-order valence-electron chi connectivity index (χ2n) is 5.08. The standard InChI is InChI=1S/C16H23N3/c1-14(8-9-15-6-4-3-5-7-15)17-12-10-16-11-13-18-19(16)2/h3-7,11,13-14,17H,8-10,12H2,1-2H3. The molecule has 0 spiro atoms. The summed E-state index contributed by atoms with van der Waals surface area (Å²) in [6.07, 6.45) is 5.20. The molecule has 3 nitrogen and oxygen atoms in total. The third-order valence-electron chi connectivity index (χ3n) is 3.51. The number of nitrogens with one attached hydrogen (secondary N) is 1. The first-order valence-corrected chi connectivity index (χ1v) is 7.00. The van der Waals surface area contributed by atoms with Gasteiger partial charge in [0.25, 0.3) is 0 Å². The number of rotatable bonds is 7. The quantitative estimate of drug-likeness (QED) is 0.826. The van der Waals surface area contributed by atoms with Gasteiger partial charge in [-0.1, -0.05) is 30.3 Å². The Balaban J connectivity index is 1.65. The van der Waals surface area contributed by atoms with Crippen molar-refractivity contribution in [2.45, 2.75) is 32.2 Å². The molecule has 0 aliphatic rings. The van der Waals surface area contributed by atoms with E-state index in [1.165, 1.54) is 17.7 Å². The Labute approximate surface area is 115 Å². The van der Waals surface area contributed by atoms with Gasteiger partial charge in [0.2, 0.25) is 0 Å². The van der Waals surface area contributed by atoms with E-state index in [9.17, 15) is 0 Å². The normalized spacial score (nSPS) is 12.5. The van der Waals surface area contributed by atoms with Gasteiger partial charge in [0.05, 0.1) is 0 Å². The molecule has 0 aliphatic carbocycles. The molecule has 0 aliphatic heterocycles. The second kappa shape index (κ2) is 7.10. The maximum absolute atomic E-state index is 4.18. The van der Waals surface area contributed by atoms with Crippen molar-refractivity contribution in [1.29, 1.82) is 0 Å². The number of nitrogens with zero attached hydrogens (tertiary/aromatic N) is 2. The Morgan fingerprint density at radius 1 is 1.16 bits per heavy atom. The number of hydrogen-bond acceptors (Lipinski definition) is 2. The fraction of sp³-hybridized carbons (Fsp3) is 0.438. The number of hydrogen-bond donors (Lipinski definition) is 1. The summed E-state index contributed by atoms with van der Waals surface area (Å²) in [6.45, 7) is 3.27. The predicted octanol–water partition coefficient (Wildman–Crippen LogP) is 2.57. The summed E-state index contributed by atoms with van der Waals surface area (Å²) in [7, 11) is 1.99. The second-order valence-corrected chi connectivity index (χ2v) is 5.08. The summed E-state index contributed by atoms with van der Waals surface area (Å²) >= 11 is 0. The van der Waals surface area contributed by atoms with Crippen LogP contribution in [0.1, 0.15) is 24.6 Å². The molecule has 1 aromatic heterocycles. The SMILES string of the molecule is CC(CCc1ccccc1)NCCc1ccnn1C. The third kappa shape index (κ3) is 4.52. The maximum Gasteiger partial charge on any atom is 0.0492 e. The molecule has 3 heteroatoms. The lowest BCUT2D eigenvalue weighted by atomic mass is 10.1. The highest BCUT2D eigenvalue weighted by Crippen LogP contribution is 2.05. The largest absolute Gasteiger partial charge is 0.314 e. The Morgan fingerprint density at radius 3 is 2.63 bits per heavy atom. The van der Waals surface area contributed by atoms with Crippen LogP contribution in [0.5, 0.6) is 0 Å². The molecule has 0 saturated heterocycles. The zero-order chi connectivity index (χ0) is 13.5. The van der Waals surface area contributed by atoms with E-state index in [0.717, 1.165) is 19.4 Å². The average Bonchev–Trinajstić information content (AvgIpc) is 2.83. The topological polar surface area (TPSA) is 29.9 Å². The minimum atomic E-state index is 0.549. The monoisotopic (exact) mass is 257 g/mol. The van der Waals surface area contributed by atoms with Crippen molar-refractivity contribution >= 4 is 0 Å². The Hall–Kier alpha value is -1.61. The van der Waals surface area contributed by atoms with Gasteiger partial charge < -0.3 is 5.32 Å². The van der Waals surface area contributed by atoms with Crippen molar-refractivity contribution in [3.8, 4) is 0 Å². The van der Waals surface area contributed by atoms with E-state index in [2.05, 4.69) is 53.7 Å². The molecule has 0 amide bonds. The van der Waals surface area contributed by atoms with E-state index in [1.54, 1.807) is 0 Å². The number of benzene rings is 1. The number of aryl methyl sites for hydroxylation is 2. The molecule has 1 N–H and O–H groups in total. The van der Waals surface area contributed by atoms with Crippen molar-refractivity contribution in [3.05, 3.63) is 53.9 Å². The molecule has 0 saturated carbocycles. The summed E-state index contributed by atoms with van der Waals surface area (Å²) in [4.78, 5) is 0. The van der Waals surface area contributed by atoms with Crippen LogP contribution in [-0.2, 0) is 19.9 Å². The average molecular weight is 257 g/mol. The van der Waals surface area contributed by atoms with E-state index in [4.69, 9.17) is 0 Å². The lowest BCUT2D eigenvalue weighted by Crippen LogP contribution is -2.28. The van der Waals surface area contributed by atoms with Crippen LogP contribution < -0.4 is 5.32 Å². The van der Waals surface area contributed by atoms with Gasteiger partial charge in [-0.3, -0.25) is 4.68 Å². The third-order valence-corrected chi connectivity index (χ3v) is 3.51. The van der Waals surface area contributed by atoms with Gasteiger partial charge in [0.1, 0.15) is 0 Å². The van der Waals surface area contributed by atoms with E-state index < -0.39 is 0 Å². The van der Waals surface area contributed by atoms with E-state index in [0.29, 0.717) is 6.04 Å². The van der Waals surface area contributed by atoms with Crippen molar-refractivity contribution < 1.29 is 0 Å². The summed E-state index contributed by atoms with van der Waals surface area (Å²) < 4.78 is 1.94. The molecule has 0 fully saturated rings. The van der Waals surface area contributed by atoms with E-state index >= 15 is 0 Å². The predicted molar refractivity (Wildman–Crippen MR) is 79.1 cm³/mol. The Kier molecular flexibility index (Phi) is 5.16. The van der Waals surface area contributed by atoms with Crippen LogP contribution in [0.2, 0.25) is 0 Å². The van der Waals surface area contributed by atoms with Gasteiger partial charge in [-0.25, -0.2) is 0 Å². The molecule has 1 unspecified atom stereocenters. The minimum Gasteiger partial charge on any atom is -0.314 e. The van der Waals surface area contributed by atoms with Gasteiger partial charge >= 0.3 is 0 Å². The summed E-state index contributed by atoms with van der Waals surface area (Å²) in [5, 5.41) is 7.76. The highest BCUT2D eigenvalue weighted by atomic mass is 15.3. The molecule has 2 rings (SSSR count). The molecule has 1 atom stereocenters. The van der Waals surface area contributed by atoms with Crippen LogP contribution in [0.15, 0.2) is 42.6 Å². The summed E-state index contributed by atoms with van der Waals surface area (Å²) in [6, 6.07) is 13.3. The van der Waals surface area contributed by atoms with Crippen LogP contribution in [0.3, 0.4) is 0 Å². The minimum absolute atomic E-state index is 0.549. The lowest BCUT2D eigenvalue weighted by molar-refractivity contribution is 0.511. The fourth-order valence-corrected chi connectivity index (χ4v) is 2.22. The maximum atomic E-state index is 4.18. The first kappa shape index (κ1) is 13.8. The molecule has 1 aromatic carbocycles. The molecule has 0 radical (unpaired) electrons. The zero-order valence-corrected chi connectivity index (χ0v) is 11.8. The smallest absolute Gasteiger partial charge is 0.0492 e. The molecule has 102 valence electrons. The summed E-state index contributed by atoms with van der Waals surface area (Å²) in [5.41, 5.74) is 2.70. The van der Waals surface area contributed by atoms with Gasteiger partial charge in [0.15, 0.2) is 0 Å². The molecule has 0 bridgehead atoms. The van der Waals surface area contributed by atoms with Crippen LogP contribution in [0, 0.1) is 0 Å². The molecule has 2 aromatic rings. The highest BCUT2D eigenvalue weighted by molar-refractivity contribution is 5.14. The van der Waals surface area contributed by atoms with Crippen molar-refractivity contribution in [2.75, 3.05) is 6.54 Å². The lowest BCUT2D eigenvalue weighted by Gasteiger charge is -2.13. The first-order chi connectivity index (χ1) is 9.25. The highest BCUT2D eigenvalue weighted by Gasteiger charge is 2.03. The Bertz CT molecular complexity index is 476. The van der Waals surface area contributed by atoms with E-state index in [1.807, 2.05) is 17.9 Å². The summed E-state index contributed by atoms with van der Waals surface area (Å²) in [5.74, 6) is 0. The first-order valence-electron chi connectivity index (χ1n) is 7.00. The zero-order valence-electron chi connectivity index (χ0n) is 11.8. The van der Waals surface area contributed by atoms with Crippen LogP contribution in [-0.4, -0.2) is 22.4 Å². The van der Waals surface area contributed by atoms with Gasteiger partial charge in [-0.2, -0.15) is 5.10 Å². The van der Waals surface area contributed by atoms with Crippen LogP contribution >= 0.6 is 0 Å². The van der Waals surface area contributed by atoms with Crippen molar-refractivity contribution in [2.24, 2.45) is 7.05 Å². The van der Waals surface area contributed by atoms with Crippen LogP contribution in [0.4, 0.5) is 0 Å². The van der Waals surface area contributed by atoms with Gasteiger partial charge in [-0.15, -0.1) is 0 Å². The van der Waals surface area contributed by atoms with Gasteiger partial charge in [-0.05, 0) is 31.4 Å².